The molecule has 0 spiro atoms. The normalized spacial score (nSPS) is 28.7. The Bertz CT molecular complexity index is 263. The second-order valence-corrected chi connectivity index (χ2v) is 3.38. The Hall–Kier alpha value is -0.930. The standard InChI is InChI=1S/C10H14N2O/c11-9-2-1-7-13-10(9)8-3-5-12-6-4-8/h3-6,9-10H,1-2,7,11H2. The zero-order valence-electron chi connectivity index (χ0n) is 7.52. The molecule has 0 saturated carbocycles. The summed E-state index contributed by atoms with van der Waals surface area (Å²) < 4.78 is 5.62. The maximum absolute atomic E-state index is 5.97. The summed E-state index contributed by atoms with van der Waals surface area (Å²) in [4.78, 5) is 3.97. The lowest BCUT2D eigenvalue weighted by Gasteiger charge is -2.29. The topological polar surface area (TPSA) is 48.1 Å². The molecule has 0 bridgehead atoms. The molecule has 1 aromatic rings. The predicted molar refractivity (Wildman–Crippen MR) is 50.1 cm³/mol. The highest BCUT2D eigenvalue weighted by atomic mass is 16.5. The Labute approximate surface area is 77.9 Å². The molecule has 2 N–H and O–H groups in total. The van der Waals surface area contributed by atoms with Gasteiger partial charge in [-0.15, -0.1) is 0 Å². The van der Waals surface area contributed by atoms with Crippen molar-refractivity contribution < 1.29 is 4.74 Å². The molecule has 1 aliphatic heterocycles. The van der Waals surface area contributed by atoms with Gasteiger partial charge in [-0.2, -0.15) is 0 Å². The molecule has 2 heterocycles. The molecule has 0 aliphatic carbocycles. The number of aromatic nitrogens is 1. The van der Waals surface area contributed by atoms with Crippen molar-refractivity contribution >= 4 is 0 Å². The second-order valence-electron chi connectivity index (χ2n) is 3.38. The molecule has 0 radical (unpaired) electrons. The molecule has 3 heteroatoms. The first-order valence-corrected chi connectivity index (χ1v) is 4.65. The number of pyridine rings is 1. The molecule has 2 atom stereocenters. The Morgan fingerprint density at radius 3 is 2.85 bits per heavy atom. The van der Waals surface area contributed by atoms with E-state index in [0.717, 1.165) is 25.0 Å². The van der Waals surface area contributed by atoms with Gasteiger partial charge in [-0.25, -0.2) is 0 Å². The number of hydrogen-bond donors (Lipinski definition) is 1. The molecular formula is C10H14N2O. The third kappa shape index (κ3) is 1.87. The van der Waals surface area contributed by atoms with Crippen molar-refractivity contribution in [2.45, 2.75) is 25.0 Å². The van der Waals surface area contributed by atoms with Crippen LogP contribution in [0, 0.1) is 0 Å². The highest BCUT2D eigenvalue weighted by molar-refractivity contribution is 5.15. The molecule has 1 aliphatic rings. The van der Waals surface area contributed by atoms with Crippen molar-refractivity contribution in [1.29, 1.82) is 0 Å². The van der Waals surface area contributed by atoms with Crippen LogP contribution in [0.1, 0.15) is 24.5 Å². The lowest BCUT2D eigenvalue weighted by molar-refractivity contribution is 0.000101. The van der Waals surface area contributed by atoms with Gasteiger partial charge >= 0.3 is 0 Å². The average Bonchev–Trinajstić information content (AvgIpc) is 2.20. The van der Waals surface area contributed by atoms with E-state index in [4.69, 9.17) is 10.5 Å². The van der Waals surface area contributed by atoms with Crippen LogP contribution in [0.5, 0.6) is 0 Å². The minimum atomic E-state index is 0.0664. The number of nitrogens with zero attached hydrogens (tertiary/aromatic N) is 1. The van der Waals surface area contributed by atoms with Crippen LogP contribution in [0.15, 0.2) is 24.5 Å². The maximum atomic E-state index is 5.97. The minimum absolute atomic E-state index is 0.0664. The maximum Gasteiger partial charge on any atom is 0.0976 e. The van der Waals surface area contributed by atoms with E-state index in [0.29, 0.717) is 0 Å². The third-order valence-corrected chi connectivity index (χ3v) is 2.40. The van der Waals surface area contributed by atoms with Crippen molar-refractivity contribution in [2.24, 2.45) is 5.73 Å². The molecule has 1 aromatic heterocycles. The Morgan fingerprint density at radius 1 is 1.38 bits per heavy atom. The zero-order chi connectivity index (χ0) is 9.10. The fourth-order valence-electron chi connectivity index (χ4n) is 1.70. The molecule has 2 rings (SSSR count). The van der Waals surface area contributed by atoms with Gasteiger partial charge in [0.05, 0.1) is 6.10 Å². The lowest BCUT2D eigenvalue weighted by atomic mass is 9.98. The first kappa shape index (κ1) is 8.66. The Morgan fingerprint density at radius 2 is 2.15 bits per heavy atom. The van der Waals surface area contributed by atoms with E-state index in [1.54, 1.807) is 12.4 Å². The van der Waals surface area contributed by atoms with Crippen LogP contribution in [0.2, 0.25) is 0 Å². The first-order valence-electron chi connectivity index (χ1n) is 4.65. The van der Waals surface area contributed by atoms with Crippen LogP contribution < -0.4 is 5.73 Å². The van der Waals surface area contributed by atoms with Crippen LogP contribution in [0.4, 0.5) is 0 Å². The average molecular weight is 178 g/mol. The highest BCUT2D eigenvalue weighted by Gasteiger charge is 2.23. The lowest BCUT2D eigenvalue weighted by Crippen LogP contribution is -2.34. The zero-order valence-corrected chi connectivity index (χ0v) is 7.52. The van der Waals surface area contributed by atoms with E-state index in [1.807, 2.05) is 12.1 Å². The molecule has 1 saturated heterocycles. The van der Waals surface area contributed by atoms with Gasteiger partial charge in [0.15, 0.2) is 0 Å². The molecule has 1 fully saturated rings. The Kier molecular flexibility index (Phi) is 2.57. The van der Waals surface area contributed by atoms with Crippen molar-refractivity contribution in [1.82, 2.24) is 4.98 Å². The minimum Gasteiger partial charge on any atom is -0.372 e. The van der Waals surface area contributed by atoms with E-state index in [-0.39, 0.29) is 12.1 Å². The monoisotopic (exact) mass is 178 g/mol. The van der Waals surface area contributed by atoms with Gasteiger partial charge in [-0.05, 0) is 30.5 Å². The quantitative estimate of drug-likeness (QED) is 0.704. The van der Waals surface area contributed by atoms with Crippen LogP contribution >= 0.6 is 0 Å². The van der Waals surface area contributed by atoms with Crippen molar-refractivity contribution in [3.05, 3.63) is 30.1 Å². The van der Waals surface area contributed by atoms with Crippen molar-refractivity contribution in [2.75, 3.05) is 6.61 Å². The molecule has 13 heavy (non-hydrogen) atoms. The van der Waals surface area contributed by atoms with Gasteiger partial charge in [-0.3, -0.25) is 4.98 Å². The van der Waals surface area contributed by atoms with Crippen LogP contribution in [-0.4, -0.2) is 17.6 Å². The van der Waals surface area contributed by atoms with E-state index in [2.05, 4.69) is 4.98 Å². The smallest absolute Gasteiger partial charge is 0.0976 e. The predicted octanol–water partition coefficient (Wildman–Crippen LogP) is 1.26. The van der Waals surface area contributed by atoms with Gasteiger partial charge in [0, 0.05) is 25.0 Å². The van der Waals surface area contributed by atoms with Crippen LogP contribution in [-0.2, 0) is 4.74 Å². The number of hydrogen-bond acceptors (Lipinski definition) is 3. The molecule has 0 aromatic carbocycles. The van der Waals surface area contributed by atoms with Crippen LogP contribution in [0.25, 0.3) is 0 Å². The fourth-order valence-corrected chi connectivity index (χ4v) is 1.70. The SMILES string of the molecule is NC1CCCOC1c1ccncc1. The molecule has 2 unspecified atom stereocenters. The molecular weight excluding hydrogens is 164 g/mol. The summed E-state index contributed by atoms with van der Waals surface area (Å²) in [7, 11) is 0. The van der Waals surface area contributed by atoms with Gasteiger partial charge in [-0.1, -0.05) is 0 Å². The molecule has 3 nitrogen and oxygen atoms in total. The largest absolute Gasteiger partial charge is 0.372 e. The summed E-state index contributed by atoms with van der Waals surface area (Å²) >= 11 is 0. The fraction of sp³-hybridized carbons (Fsp3) is 0.500. The summed E-state index contributed by atoms with van der Waals surface area (Å²) in [6.45, 7) is 0.820. The first-order chi connectivity index (χ1) is 6.38. The van der Waals surface area contributed by atoms with Crippen molar-refractivity contribution in [3.8, 4) is 0 Å². The van der Waals surface area contributed by atoms with Crippen molar-refractivity contribution in [3.63, 3.8) is 0 Å². The van der Waals surface area contributed by atoms with E-state index >= 15 is 0 Å². The summed E-state index contributed by atoms with van der Waals surface area (Å²) in [5.74, 6) is 0. The van der Waals surface area contributed by atoms with E-state index < -0.39 is 0 Å². The number of rotatable bonds is 1. The summed E-state index contributed by atoms with van der Waals surface area (Å²) in [6.07, 6.45) is 5.74. The third-order valence-electron chi connectivity index (χ3n) is 2.40. The van der Waals surface area contributed by atoms with Gasteiger partial charge in [0.2, 0.25) is 0 Å². The summed E-state index contributed by atoms with van der Waals surface area (Å²) in [6, 6.07) is 4.07. The van der Waals surface area contributed by atoms with Gasteiger partial charge < -0.3 is 10.5 Å². The van der Waals surface area contributed by atoms with E-state index in [9.17, 15) is 0 Å². The highest BCUT2D eigenvalue weighted by Crippen LogP contribution is 2.26. The molecule has 0 amide bonds. The van der Waals surface area contributed by atoms with Gasteiger partial charge in [0.25, 0.3) is 0 Å². The van der Waals surface area contributed by atoms with Gasteiger partial charge in [0.1, 0.15) is 0 Å². The number of nitrogens with two attached hydrogens (primary N) is 1. The summed E-state index contributed by atoms with van der Waals surface area (Å²) in [5, 5.41) is 0. The Balaban J connectivity index is 2.15. The number of ether oxygens (including phenoxy) is 1. The van der Waals surface area contributed by atoms with E-state index in [1.165, 1.54) is 0 Å². The van der Waals surface area contributed by atoms with Crippen LogP contribution in [0.3, 0.4) is 0 Å². The summed E-state index contributed by atoms with van der Waals surface area (Å²) in [5.41, 5.74) is 7.11. The second kappa shape index (κ2) is 3.85. The molecule has 70 valence electrons.